The van der Waals surface area contributed by atoms with E-state index in [4.69, 9.17) is 4.98 Å². The largest absolute Gasteiger partial charge is 0.301 e. The number of aromatic nitrogens is 1. The van der Waals surface area contributed by atoms with Crippen molar-refractivity contribution in [1.29, 1.82) is 0 Å². The summed E-state index contributed by atoms with van der Waals surface area (Å²) in [6, 6.07) is 7.64. The fourth-order valence-corrected chi connectivity index (χ4v) is 3.47. The van der Waals surface area contributed by atoms with Crippen molar-refractivity contribution in [3.63, 3.8) is 0 Å². The molecule has 20 heavy (non-hydrogen) atoms. The Kier molecular flexibility index (Phi) is 3.65. The molecule has 0 saturated heterocycles. The topological polar surface area (TPSA) is 24.9 Å². The van der Waals surface area contributed by atoms with E-state index in [2.05, 4.69) is 51.2 Å². The maximum absolute atomic E-state index is 4.79. The van der Waals surface area contributed by atoms with Gasteiger partial charge in [0.25, 0.3) is 0 Å². The minimum absolute atomic E-state index is 0.250. The molecule has 1 aromatic carbocycles. The molecule has 0 aliphatic heterocycles. The second kappa shape index (κ2) is 5.30. The molecule has 3 heteroatoms. The first-order valence-corrected chi connectivity index (χ1v) is 8.13. The van der Waals surface area contributed by atoms with Gasteiger partial charge in [-0.15, -0.1) is 11.3 Å². The summed E-state index contributed by atoms with van der Waals surface area (Å²) >= 11 is 1.83. The van der Waals surface area contributed by atoms with Crippen LogP contribution in [-0.2, 0) is 0 Å². The van der Waals surface area contributed by atoms with Crippen LogP contribution in [0, 0.1) is 27.7 Å². The molecule has 0 amide bonds. The average Bonchev–Trinajstić information content (AvgIpc) is 3.16. The van der Waals surface area contributed by atoms with E-state index in [0.717, 1.165) is 5.69 Å². The van der Waals surface area contributed by atoms with Crippen molar-refractivity contribution in [3.8, 4) is 0 Å². The molecule has 1 atom stereocenters. The third-order valence-corrected chi connectivity index (χ3v) is 5.16. The van der Waals surface area contributed by atoms with Crippen LogP contribution in [0.15, 0.2) is 18.2 Å². The average molecular weight is 286 g/mol. The standard InChI is InChI=1S/C17H22N2S/c1-10-5-6-11(2)15(9-10)16(19-14-7-8-14)17-18-12(3)13(4)20-17/h5-6,9,14,16,19H,7-8H2,1-4H3. The smallest absolute Gasteiger partial charge is 0.115 e. The number of benzene rings is 1. The highest BCUT2D eigenvalue weighted by Gasteiger charge is 2.29. The highest BCUT2D eigenvalue weighted by molar-refractivity contribution is 7.11. The Hall–Kier alpha value is -1.19. The summed E-state index contributed by atoms with van der Waals surface area (Å²) in [5.74, 6) is 0. The van der Waals surface area contributed by atoms with E-state index >= 15 is 0 Å². The summed E-state index contributed by atoms with van der Waals surface area (Å²) in [6.07, 6.45) is 2.59. The molecule has 1 aliphatic rings. The van der Waals surface area contributed by atoms with Crippen molar-refractivity contribution < 1.29 is 0 Å². The van der Waals surface area contributed by atoms with Gasteiger partial charge in [0.05, 0.1) is 11.7 Å². The van der Waals surface area contributed by atoms with Crippen LogP contribution in [0.3, 0.4) is 0 Å². The molecule has 1 fully saturated rings. The second-order valence-electron chi connectivity index (χ2n) is 5.93. The molecular weight excluding hydrogens is 264 g/mol. The lowest BCUT2D eigenvalue weighted by atomic mass is 9.99. The Balaban J connectivity index is 2.02. The summed E-state index contributed by atoms with van der Waals surface area (Å²) < 4.78 is 0. The van der Waals surface area contributed by atoms with Crippen molar-refractivity contribution in [3.05, 3.63) is 50.5 Å². The molecule has 1 N–H and O–H groups in total. The van der Waals surface area contributed by atoms with Gasteiger partial charge in [0, 0.05) is 10.9 Å². The zero-order valence-corrected chi connectivity index (χ0v) is 13.5. The van der Waals surface area contributed by atoms with Gasteiger partial charge in [-0.25, -0.2) is 4.98 Å². The summed E-state index contributed by atoms with van der Waals surface area (Å²) in [5.41, 5.74) is 5.21. The fraction of sp³-hybridized carbons (Fsp3) is 0.471. The van der Waals surface area contributed by atoms with Gasteiger partial charge in [-0.3, -0.25) is 0 Å². The molecule has 1 aliphatic carbocycles. The van der Waals surface area contributed by atoms with Gasteiger partial charge >= 0.3 is 0 Å². The van der Waals surface area contributed by atoms with Gasteiger partial charge in [-0.05, 0) is 51.7 Å². The summed E-state index contributed by atoms with van der Waals surface area (Å²) in [7, 11) is 0. The van der Waals surface area contributed by atoms with Crippen molar-refractivity contribution in [1.82, 2.24) is 10.3 Å². The number of nitrogens with zero attached hydrogens (tertiary/aromatic N) is 1. The predicted octanol–water partition coefficient (Wildman–Crippen LogP) is 4.22. The predicted molar refractivity (Wildman–Crippen MR) is 85.5 cm³/mol. The van der Waals surface area contributed by atoms with E-state index in [9.17, 15) is 0 Å². The number of hydrogen-bond donors (Lipinski definition) is 1. The molecule has 0 spiro atoms. The van der Waals surface area contributed by atoms with Gasteiger partial charge in [0.15, 0.2) is 0 Å². The van der Waals surface area contributed by atoms with Crippen LogP contribution in [0.1, 0.15) is 51.2 Å². The molecule has 1 unspecified atom stereocenters. The van der Waals surface area contributed by atoms with Gasteiger partial charge in [-0.2, -0.15) is 0 Å². The van der Waals surface area contributed by atoms with Crippen LogP contribution in [-0.4, -0.2) is 11.0 Å². The Morgan fingerprint density at radius 3 is 2.55 bits per heavy atom. The van der Waals surface area contributed by atoms with Crippen LogP contribution in [0.2, 0.25) is 0 Å². The van der Waals surface area contributed by atoms with Crippen LogP contribution in [0.4, 0.5) is 0 Å². The van der Waals surface area contributed by atoms with Crippen molar-refractivity contribution >= 4 is 11.3 Å². The first kappa shape index (κ1) is 13.8. The molecule has 0 bridgehead atoms. The van der Waals surface area contributed by atoms with E-state index in [1.54, 1.807) is 0 Å². The normalized spacial score (nSPS) is 16.4. The molecule has 3 rings (SSSR count). The first-order chi connectivity index (χ1) is 9.54. The Morgan fingerprint density at radius 1 is 1.20 bits per heavy atom. The lowest BCUT2D eigenvalue weighted by Gasteiger charge is -2.19. The minimum Gasteiger partial charge on any atom is -0.301 e. The lowest BCUT2D eigenvalue weighted by Crippen LogP contribution is -2.25. The Labute approximate surface area is 125 Å². The highest BCUT2D eigenvalue weighted by Crippen LogP contribution is 2.33. The van der Waals surface area contributed by atoms with Crippen LogP contribution < -0.4 is 5.32 Å². The zero-order chi connectivity index (χ0) is 14.3. The quantitative estimate of drug-likeness (QED) is 0.910. The minimum atomic E-state index is 0.250. The first-order valence-electron chi connectivity index (χ1n) is 7.31. The number of hydrogen-bond acceptors (Lipinski definition) is 3. The summed E-state index contributed by atoms with van der Waals surface area (Å²) in [5, 5.41) is 4.99. The molecule has 106 valence electrons. The fourth-order valence-electron chi connectivity index (χ4n) is 2.47. The Bertz CT molecular complexity index is 606. The number of aryl methyl sites for hydroxylation is 4. The third-order valence-electron chi connectivity index (χ3n) is 4.02. The molecular formula is C17H22N2S. The SMILES string of the molecule is Cc1ccc(C)c(C(NC2CC2)c2nc(C)c(C)s2)c1. The van der Waals surface area contributed by atoms with Crippen LogP contribution in [0.25, 0.3) is 0 Å². The van der Waals surface area contributed by atoms with Gasteiger partial charge in [0.1, 0.15) is 5.01 Å². The molecule has 2 aromatic rings. The molecule has 1 heterocycles. The van der Waals surface area contributed by atoms with Crippen molar-refractivity contribution in [2.45, 2.75) is 52.6 Å². The second-order valence-corrected chi connectivity index (χ2v) is 7.16. The molecule has 1 aromatic heterocycles. The summed E-state index contributed by atoms with van der Waals surface area (Å²) in [4.78, 5) is 6.12. The van der Waals surface area contributed by atoms with Crippen LogP contribution in [0.5, 0.6) is 0 Å². The third kappa shape index (κ3) is 2.79. The van der Waals surface area contributed by atoms with E-state index in [-0.39, 0.29) is 6.04 Å². The maximum atomic E-state index is 4.79. The Morgan fingerprint density at radius 2 is 1.95 bits per heavy atom. The van der Waals surface area contributed by atoms with E-state index in [1.807, 2.05) is 11.3 Å². The van der Waals surface area contributed by atoms with Crippen molar-refractivity contribution in [2.75, 3.05) is 0 Å². The zero-order valence-electron chi connectivity index (χ0n) is 12.7. The number of nitrogens with one attached hydrogen (secondary N) is 1. The molecule has 0 radical (unpaired) electrons. The van der Waals surface area contributed by atoms with E-state index in [1.165, 1.54) is 39.4 Å². The van der Waals surface area contributed by atoms with Crippen LogP contribution >= 0.6 is 11.3 Å². The van der Waals surface area contributed by atoms with Gasteiger partial charge in [0.2, 0.25) is 0 Å². The maximum Gasteiger partial charge on any atom is 0.115 e. The van der Waals surface area contributed by atoms with Gasteiger partial charge in [-0.1, -0.05) is 23.8 Å². The summed E-state index contributed by atoms with van der Waals surface area (Å²) in [6.45, 7) is 8.62. The van der Waals surface area contributed by atoms with Crippen molar-refractivity contribution in [2.24, 2.45) is 0 Å². The lowest BCUT2D eigenvalue weighted by molar-refractivity contribution is 0.594. The molecule has 2 nitrogen and oxygen atoms in total. The van der Waals surface area contributed by atoms with Gasteiger partial charge < -0.3 is 5.32 Å². The van der Waals surface area contributed by atoms with E-state index in [0.29, 0.717) is 6.04 Å². The monoisotopic (exact) mass is 286 g/mol. The highest BCUT2D eigenvalue weighted by atomic mass is 32.1. The van der Waals surface area contributed by atoms with E-state index < -0.39 is 0 Å². The number of thiazole rings is 1. The number of rotatable bonds is 4. The molecule has 1 saturated carbocycles.